The van der Waals surface area contributed by atoms with Crippen LogP contribution in [0.5, 0.6) is 0 Å². The zero-order valence-corrected chi connectivity index (χ0v) is 18.1. The number of fused-ring (bicyclic) bond motifs is 1. The van der Waals surface area contributed by atoms with Crippen molar-refractivity contribution in [3.05, 3.63) is 36.0 Å². The minimum absolute atomic E-state index is 0. The van der Waals surface area contributed by atoms with Gasteiger partial charge in [0.1, 0.15) is 0 Å². The molecule has 0 aliphatic rings. The number of rotatable bonds is 7. The zero-order chi connectivity index (χ0) is 16.7. The Hall–Kier alpha value is -0.890. The maximum absolute atomic E-state index is 4.29. The minimum atomic E-state index is 0. The Labute approximate surface area is 166 Å². The van der Waals surface area contributed by atoms with Gasteiger partial charge in [-0.3, -0.25) is 4.99 Å². The summed E-state index contributed by atoms with van der Waals surface area (Å²) in [6, 6.07) is 8.46. The molecular formula is C18H29IN4S. The van der Waals surface area contributed by atoms with E-state index in [0.717, 1.165) is 31.9 Å². The number of para-hydroxylation sites is 1. The lowest BCUT2D eigenvalue weighted by molar-refractivity contribution is 0.659. The lowest BCUT2D eigenvalue weighted by Crippen LogP contribution is -2.43. The molecule has 0 aliphatic heterocycles. The van der Waals surface area contributed by atoms with E-state index < -0.39 is 0 Å². The molecule has 0 saturated carbocycles. The van der Waals surface area contributed by atoms with Gasteiger partial charge in [-0.1, -0.05) is 18.2 Å². The number of guanidine groups is 1. The fourth-order valence-electron chi connectivity index (χ4n) is 2.41. The number of aryl methyl sites for hydroxylation is 1. The van der Waals surface area contributed by atoms with Crippen molar-refractivity contribution < 1.29 is 0 Å². The second kappa shape index (κ2) is 10.2. The molecular weight excluding hydrogens is 431 g/mol. The van der Waals surface area contributed by atoms with Crippen molar-refractivity contribution in [2.45, 2.75) is 31.4 Å². The summed E-state index contributed by atoms with van der Waals surface area (Å²) in [4.78, 5) is 7.62. The highest BCUT2D eigenvalue weighted by Gasteiger charge is 2.15. The smallest absolute Gasteiger partial charge is 0.191 e. The third-order valence-electron chi connectivity index (χ3n) is 4.05. The predicted octanol–water partition coefficient (Wildman–Crippen LogP) is 4.03. The quantitative estimate of drug-likeness (QED) is 0.253. The van der Waals surface area contributed by atoms with Crippen molar-refractivity contribution in [2.24, 2.45) is 4.99 Å². The summed E-state index contributed by atoms with van der Waals surface area (Å²) < 4.78 is 0.210. The van der Waals surface area contributed by atoms with E-state index >= 15 is 0 Å². The van der Waals surface area contributed by atoms with Gasteiger partial charge in [0, 0.05) is 42.0 Å². The molecule has 3 N–H and O–H groups in total. The molecule has 134 valence electrons. The van der Waals surface area contributed by atoms with Crippen molar-refractivity contribution in [2.75, 3.05) is 26.4 Å². The largest absolute Gasteiger partial charge is 0.361 e. The maximum Gasteiger partial charge on any atom is 0.191 e. The van der Waals surface area contributed by atoms with E-state index in [1.54, 1.807) is 0 Å². The van der Waals surface area contributed by atoms with Crippen LogP contribution in [0, 0.1) is 0 Å². The van der Waals surface area contributed by atoms with E-state index in [9.17, 15) is 0 Å². The van der Waals surface area contributed by atoms with Gasteiger partial charge < -0.3 is 15.6 Å². The molecule has 0 aliphatic carbocycles. The number of H-pyrrole nitrogens is 1. The summed E-state index contributed by atoms with van der Waals surface area (Å²) in [7, 11) is 1.82. The van der Waals surface area contributed by atoms with Gasteiger partial charge in [-0.2, -0.15) is 11.8 Å². The lowest BCUT2D eigenvalue weighted by Gasteiger charge is -2.23. The first-order chi connectivity index (χ1) is 11.1. The molecule has 6 heteroatoms. The highest BCUT2D eigenvalue weighted by Crippen LogP contribution is 2.19. The van der Waals surface area contributed by atoms with Gasteiger partial charge in [0.15, 0.2) is 5.96 Å². The summed E-state index contributed by atoms with van der Waals surface area (Å²) in [5, 5.41) is 8.12. The van der Waals surface area contributed by atoms with Crippen LogP contribution in [-0.2, 0) is 6.42 Å². The Balaban J connectivity index is 0.00000288. The molecule has 0 unspecified atom stereocenters. The predicted molar refractivity (Wildman–Crippen MR) is 119 cm³/mol. The molecule has 1 aromatic heterocycles. The average molecular weight is 460 g/mol. The number of thioether (sulfide) groups is 1. The van der Waals surface area contributed by atoms with E-state index in [0.29, 0.717) is 0 Å². The Morgan fingerprint density at radius 3 is 2.71 bits per heavy atom. The number of halogens is 1. The summed E-state index contributed by atoms with van der Waals surface area (Å²) in [6.07, 6.45) is 6.40. The van der Waals surface area contributed by atoms with Crippen molar-refractivity contribution in [3.8, 4) is 0 Å². The molecule has 1 aromatic carbocycles. The van der Waals surface area contributed by atoms with Crippen LogP contribution in [0.25, 0.3) is 10.9 Å². The van der Waals surface area contributed by atoms with Crippen LogP contribution < -0.4 is 10.6 Å². The Morgan fingerprint density at radius 2 is 2.00 bits per heavy atom. The van der Waals surface area contributed by atoms with Gasteiger partial charge in [0.05, 0.1) is 0 Å². The van der Waals surface area contributed by atoms with E-state index in [4.69, 9.17) is 0 Å². The van der Waals surface area contributed by atoms with Gasteiger partial charge in [0.25, 0.3) is 0 Å². The molecule has 2 rings (SSSR count). The van der Waals surface area contributed by atoms with Gasteiger partial charge in [-0.05, 0) is 44.6 Å². The molecule has 0 radical (unpaired) electrons. The third-order valence-corrected chi connectivity index (χ3v) is 5.30. The number of aromatic amines is 1. The summed E-state index contributed by atoms with van der Waals surface area (Å²) in [6.45, 7) is 6.28. The van der Waals surface area contributed by atoms with Crippen LogP contribution in [-0.4, -0.2) is 42.1 Å². The first-order valence-corrected chi connectivity index (χ1v) is 9.33. The first-order valence-electron chi connectivity index (χ1n) is 8.10. The molecule has 2 aromatic rings. The molecule has 0 amide bonds. The van der Waals surface area contributed by atoms with Crippen LogP contribution >= 0.6 is 35.7 Å². The van der Waals surface area contributed by atoms with E-state index in [-0.39, 0.29) is 28.7 Å². The highest BCUT2D eigenvalue weighted by atomic mass is 127. The van der Waals surface area contributed by atoms with Crippen molar-refractivity contribution in [1.29, 1.82) is 0 Å². The Kier molecular flexibility index (Phi) is 8.97. The maximum atomic E-state index is 4.29. The Bertz CT molecular complexity index is 651. The van der Waals surface area contributed by atoms with Crippen LogP contribution in [0.15, 0.2) is 35.5 Å². The van der Waals surface area contributed by atoms with E-state index in [1.165, 1.54) is 16.5 Å². The summed E-state index contributed by atoms with van der Waals surface area (Å²) >= 11 is 1.86. The molecule has 24 heavy (non-hydrogen) atoms. The van der Waals surface area contributed by atoms with Gasteiger partial charge >= 0.3 is 0 Å². The molecule has 4 nitrogen and oxygen atoms in total. The van der Waals surface area contributed by atoms with Gasteiger partial charge in [0.2, 0.25) is 0 Å². The number of aromatic nitrogens is 1. The van der Waals surface area contributed by atoms with Crippen LogP contribution in [0.1, 0.15) is 25.8 Å². The topological polar surface area (TPSA) is 52.2 Å². The van der Waals surface area contributed by atoms with Crippen LogP contribution in [0.3, 0.4) is 0 Å². The standard InChI is InChI=1S/C18H28N4S.HI/c1-18(2,23-4)13-22-17(19-3)20-11-7-8-14-12-21-16-10-6-5-9-15(14)16;/h5-6,9-10,12,21H,7-8,11,13H2,1-4H3,(H2,19,20,22);1H. The number of nitrogens with one attached hydrogen (secondary N) is 3. The zero-order valence-electron chi connectivity index (χ0n) is 15.0. The number of nitrogens with zero attached hydrogens (tertiary/aromatic N) is 1. The third kappa shape index (κ3) is 6.20. The lowest BCUT2D eigenvalue weighted by atomic mass is 10.1. The monoisotopic (exact) mass is 460 g/mol. The molecule has 0 saturated heterocycles. The summed E-state index contributed by atoms with van der Waals surface area (Å²) in [5.41, 5.74) is 2.60. The number of hydrogen-bond acceptors (Lipinski definition) is 2. The highest BCUT2D eigenvalue weighted by molar-refractivity contribution is 14.0. The number of benzene rings is 1. The fourth-order valence-corrected chi connectivity index (χ4v) is 2.63. The van der Waals surface area contributed by atoms with Crippen molar-refractivity contribution >= 4 is 52.6 Å². The first kappa shape index (κ1) is 21.2. The number of hydrogen-bond donors (Lipinski definition) is 3. The van der Waals surface area contributed by atoms with Crippen molar-refractivity contribution in [3.63, 3.8) is 0 Å². The van der Waals surface area contributed by atoms with E-state index in [2.05, 4.69) is 71.2 Å². The number of aliphatic imine (C=N–C) groups is 1. The van der Waals surface area contributed by atoms with Gasteiger partial charge in [-0.25, -0.2) is 0 Å². The van der Waals surface area contributed by atoms with Gasteiger partial charge in [-0.15, -0.1) is 24.0 Å². The average Bonchev–Trinajstić information content (AvgIpc) is 2.97. The molecule has 0 spiro atoms. The second-order valence-electron chi connectivity index (χ2n) is 6.28. The van der Waals surface area contributed by atoms with Crippen LogP contribution in [0.4, 0.5) is 0 Å². The second-order valence-corrected chi connectivity index (χ2v) is 7.79. The Morgan fingerprint density at radius 1 is 1.25 bits per heavy atom. The minimum Gasteiger partial charge on any atom is -0.361 e. The molecule has 0 bridgehead atoms. The van der Waals surface area contributed by atoms with Crippen molar-refractivity contribution in [1.82, 2.24) is 15.6 Å². The van der Waals surface area contributed by atoms with Crippen LogP contribution in [0.2, 0.25) is 0 Å². The SMILES string of the molecule is CN=C(NCCCc1c[nH]c2ccccc12)NCC(C)(C)SC.I. The van der Waals surface area contributed by atoms with E-state index in [1.807, 2.05) is 18.8 Å². The molecule has 1 heterocycles. The molecule has 0 atom stereocenters. The normalized spacial score (nSPS) is 12.1. The fraction of sp³-hybridized carbons (Fsp3) is 0.500. The summed E-state index contributed by atoms with van der Waals surface area (Å²) in [5.74, 6) is 0.881. The molecule has 0 fully saturated rings.